The van der Waals surface area contributed by atoms with Crippen molar-refractivity contribution in [2.75, 3.05) is 0 Å². The van der Waals surface area contributed by atoms with Gasteiger partial charge < -0.3 is 81.1 Å². The predicted octanol–water partition coefficient (Wildman–Crippen LogP) is -5.93. The first-order chi connectivity index (χ1) is 7.41. The Labute approximate surface area is 218 Å². The minimum atomic E-state index is 0. The van der Waals surface area contributed by atoms with Crippen LogP contribution in [0.3, 0.4) is 0 Å². The monoisotopic (exact) mass is 350 g/mol. The van der Waals surface area contributed by atoms with Crippen LogP contribution in [0.5, 0.6) is 0 Å². The second-order valence-corrected chi connectivity index (χ2v) is 0.0745. The minimum absolute atomic E-state index is 0. The van der Waals surface area contributed by atoms with Gasteiger partial charge in [-0.25, -0.2) is 0 Å². The van der Waals surface area contributed by atoms with Crippen LogP contribution in [0.4, 0.5) is 0 Å². The molecule has 3 radical (unpaired) electrons. The van der Waals surface area contributed by atoms with E-state index in [9.17, 15) is 0 Å². The molecule has 0 fully saturated rings. The third kappa shape index (κ3) is 8140. The number of nitrogens with zero attached hydrogens (tertiary/aromatic N) is 7. The molecule has 0 unspecified atom stereocenters. The van der Waals surface area contributed by atoms with Crippen LogP contribution >= 0.6 is 0 Å². The Morgan fingerprint density at radius 1 is 0.600 bits per heavy atom. The SMILES string of the molecule is O=N[O-].[C-]#N.[C-]#N.[C-]#N.[C-]#N.[C-]#N.[C-]#N.[Fe+5].[Na+].[Na+].[Na].[Na]. The number of rotatable bonds is 0. The van der Waals surface area contributed by atoms with Crippen molar-refractivity contribution in [2.45, 2.75) is 0 Å². The Bertz CT molecular complexity index is 149. The molecule has 0 aromatic rings. The van der Waals surface area contributed by atoms with Crippen molar-refractivity contribution < 1.29 is 76.2 Å². The van der Waals surface area contributed by atoms with E-state index in [-0.39, 0.29) is 135 Å². The van der Waals surface area contributed by atoms with Gasteiger partial charge in [-0.1, -0.05) is 0 Å². The molecule has 9 nitrogen and oxygen atoms in total. The molecular formula is C6FeN7Na4O2. The van der Waals surface area contributed by atoms with Crippen molar-refractivity contribution in [2.24, 2.45) is 5.34 Å². The summed E-state index contributed by atoms with van der Waals surface area (Å²) in [5, 5.41) is 46.5. The molecule has 14 heteroatoms. The zero-order chi connectivity index (χ0) is 14.7. The molecule has 0 N–H and O–H groups in total. The van der Waals surface area contributed by atoms with Crippen LogP contribution in [0.15, 0.2) is 5.34 Å². The Kier molecular flexibility index (Phi) is 10700. The normalized spacial score (nSPS) is 1.20. The van der Waals surface area contributed by atoms with Gasteiger partial charge in [0.15, 0.2) is 0 Å². The molecule has 0 rings (SSSR count). The average Bonchev–Trinajstić information content (AvgIpc) is 2.44. The van der Waals surface area contributed by atoms with Crippen LogP contribution in [0.25, 0.3) is 0 Å². The van der Waals surface area contributed by atoms with Crippen molar-refractivity contribution in [3.8, 4) is 0 Å². The molecule has 0 saturated carbocycles. The van der Waals surface area contributed by atoms with Gasteiger partial charge in [0.2, 0.25) is 0 Å². The van der Waals surface area contributed by atoms with E-state index in [1.165, 1.54) is 0 Å². The van der Waals surface area contributed by atoms with E-state index in [1.54, 1.807) is 0 Å². The van der Waals surface area contributed by atoms with Crippen LogP contribution in [0.2, 0.25) is 0 Å². The molecule has 0 heterocycles. The van der Waals surface area contributed by atoms with Gasteiger partial charge in [0.25, 0.3) is 0 Å². The fourth-order valence-corrected chi connectivity index (χ4v) is 0. The maximum atomic E-state index is 8.00. The standard InChI is InChI=1S/6CN.Fe.HNO2.4Na/c6*1-2;;2-1-3;;;;/h;;;;;;;(H,2,3);;;;/q6*-1;+5;;;;2*+1/p-1. The molecule has 83 valence electrons. The Morgan fingerprint density at radius 3 is 0.600 bits per heavy atom. The van der Waals surface area contributed by atoms with Crippen molar-refractivity contribution in [1.29, 1.82) is 31.6 Å². The molecule has 0 aliphatic heterocycles. The number of hydrogen-bond acceptors (Lipinski definition) is 9. The van der Waals surface area contributed by atoms with E-state index in [0.29, 0.717) is 0 Å². The zero-order valence-corrected chi connectivity index (χ0v) is 20.4. The van der Waals surface area contributed by atoms with Gasteiger partial charge in [-0.3, -0.25) is 0 Å². The van der Waals surface area contributed by atoms with E-state index < -0.39 is 0 Å². The molecule has 0 saturated heterocycles. The summed E-state index contributed by atoms with van der Waals surface area (Å²) < 4.78 is 0. The van der Waals surface area contributed by atoms with Crippen molar-refractivity contribution in [1.82, 2.24) is 0 Å². The van der Waals surface area contributed by atoms with Crippen molar-refractivity contribution >= 4 is 59.1 Å². The van der Waals surface area contributed by atoms with Gasteiger partial charge in [0.1, 0.15) is 0 Å². The summed E-state index contributed by atoms with van der Waals surface area (Å²) in [7, 11) is 0. The molecular weight excluding hydrogens is 350 g/mol. The maximum absolute atomic E-state index is 8.00. The van der Waals surface area contributed by atoms with Gasteiger partial charge in [0.05, 0.1) is 0 Å². The average molecular weight is 350 g/mol. The first-order valence-electron chi connectivity index (χ1n) is 1.71. The largest absolute Gasteiger partial charge is 5.00 e. The second-order valence-electron chi connectivity index (χ2n) is 0.0745. The maximum Gasteiger partial charge on any atom is 5.00 e. The summed E-state index contributed by atoms with van der Waals surface area (Å²) in [6.45, 7) is 28.5. The molecule has 0 atom stereocenters. The van der Waals surface area contributed by atoms with Gasteiger partial charge >= 0.3 is 76.2 Å². The van der Waals surface area contributed by atoms with Crippen LogP contribution in [0.1, 0.15) is 0 Å². The fourth-order valence-electron chi connectivity index (χ4n) is 0. The van der Waals surface area contributed by atoms with E-state index in [2.05, 4.69) is 0 Å². The third-order valence-electron chi connectivity index (χ3n) is 0. The topological polar surface area (TPSA) is 195 Å². The van der Waals surface area contributed by atoms with E-state index >= 15 is 0 Å². The molecule has 0 aliphatic carbocycles. The quantitative estimate of drug-likeness (QED) is 0.178. The van der Waals surface area contributed by atoms with Gasteiger partial charge in [-0.15, -0.1) is 5.34 Å². The molecule has 0 spiro atoms. The molecule has 0 bridgehead atoms. The zero-order valence-electron chi connectivity index (χ0n) is 11.3. The summed E-state index contributed by atoms with van der Waals surface area (Å²) >= 11 is 0. The smallest absolute Gasteiger partial charge is 0.512 e. The summed E-state index contributed by atoms with van der Waals surface area (Å²) in [5.74, 6) is 0. The third-order valence-corrected chi connectivity index (χ3v) is 0. The summed E-state index contributed by atoms with van der Waals surface area (Å²) in [4.78, 5) is 8.00. The number of hydrogen-bond donors (Lipinski definition) is 0. The van der Waals surface area contributed by atoms with Crippen LogP contribution < -0.4 is 59.1 Å². The van der Waals surface area contributed by atoms with Gasteiger partial charge in [-0.2, -0.15) is 0 Å². The van der Waals surface area contributed by atoms with Gasteiger partial charge in [0, 0.05) is 59.1 Å². The van der Waals surface area contributed by atoms with E-state index in [1.807, 2.05) is 0 Å². The first kappa shape index (κ1) is 105. The summed E-state index contributed by atoms with van der Waals surface area (Å²) in [6, 6.07) is 0. The Balaban J connectivity index is -0.00000000361. The fraction of sp³-hybridized carbons (Fsp3) is 0. The molecule has 20 heavy (non-hydrogen) atoms. The van der Waals surface area contributed by atoms with Gasteiger partial charge in [-0.05, 0) is 0 Å². The second kappa shape index (κ2) is 2040. The van der Waals surface area contributed by atoms with Crippen molar-refractivity contribution in [3.63, 3.8) is 0 Å². The van der Waals surface area contributed by atoms with Crippen LogP contribution in [-0.2, 0) is 17.1 Å². The molecule has 0 aliphatic rings. The minimum Gasteiger partial charge on any atom is -0.512 e. The van der Waals surface area contributed by atoms with Crippen molar-refractivity contribution in [3.05, 3.63) is 49.5 Å². The van der Waals surface area contributed by atoms with Crippen LogP contribution in [0, 0.1) is 81.1 Å². The van der Waals surface area contributed by atoms with E-state index in [4.69, 9.17) is 81.1 Å². The Morgan fingerprint density at radius 2 is 0.600 bits per heavy atom. The first-order valence-corrected chi connectivity index (χ1v) is 1.71. The molecule has 0 amide bonds. The Hall–Kier alpha value is 0.859. The molecule has 0 aromatic heterocycles. The molecule has 0 aromatic carbocycles. The van der Waals surface area contributed by atoms with Crippen LogP contribution in [-0.4, -0.2) is 59.1 Å². The predicted molar refractivity (Wildman–Crippen MR) is 50.5 cm³/mol. The van der Waals surface area contributed by atoms with E-state index in [0.717, 1.165) is 5.34 Å². The summed E-state index contributed by atoms with van der Waals surface area (Å²) in [5.41, 5.74) is 0. The summed E-state index contributed by atoms with van der Waals surface area (Å²) in [6.07, 6.45) is 0.